The minimum Gasteiger partial charge on any atom is -0.369 e. The zero-order chi connectivity index (χ0) is 23.6. The molecule has 11 heteroatoms. The van der Waals surface area contributed by atoms with Gasteiger partial charge in [-0.15, -0.1) is 0 Å². The van der Waals surface area contributed by atoms with Gasteiger partial charge in [0.15, 0.2) is 0 Å². The Balaban J connectivity index is 1.46. The molecular formula is C22H27N5O5S. The number of amides is 1. The Morgan fingerprint density at radius 3 is 2.15 bits per heavy atom. The predicted molar refractivity (Wildman–Crippen MR) is 126 cm³/mol. The number of nitrogens with zero attached hydrogens (tertiary/aromatic N) is 4. The van der Waals surface area contributed by atoms with Crippen LogP contribution in [0.1, 0.15) is 19.8 Å². The summed E-state index contributed by atoms with van der Waals surface area (Å²) in [7, 11) is -3.66. The number of hydrogen-bond donors (Lipinski definition) is 1. The quantitative estimate of drug-likeness (QED) is 0.506. The number of piperazine rings is 1. The maximum atomic E-state index is 13.1. The molecule has 176 valence electrons. The summed E-state index contributed by atoms with van der Waals surface area (Å²) in [6, 6.07) is 11.3. The second-order valence-electron chi connectivity index (χ2n) is 8.22. The van der Waals surface area contributed by atoms with Crippen LogP contribution in [0.5, 0.6) is 0 Å². The first-order valence-corrected chi connectivity index (χ1v) is 12.4. The van der Waals surface area contributed by atoms with E-state index in [0.29, 0.717) is 37.6 Å². The Morgan fingerprint density at radius 1 is 0.939 bits per heavy atom. The van der Waals surface area contributed by atoms with E-state index in [4.69, 9.17) is 0 Å². The van der Waals surface area contributed by atoms with Crippen LogP contribution in [0.3, 0.4) is 0 Å². The number of nitrogens with one attached hydrogen (secondary N) is 1. The Hall–Kier alpha value is -3.18. The van der Waals surface area contributed by atoms with Crippen molar-refractivity contribution in [2.75, 3.05) is 54.4 Å². The second-order valence-corrected chi connectivity index (χ2v) is 10.2. The SMILES string of the molecule is CC(=O)Nc1ccc(S(=O)(=O)N2CCN(c3ccc([N+](=O)[O-])c(N4CCCC4)c3)CC2)cc1. The van der Waals surface area contributed by atoms with Crippen LogP contribution >= 0.6 is 0 Å². The van der Waals surface area contributed by atoms with E-state index in [0.717, 1.165) is 31.6 Å². The van der Waals surface area contributed by atoms with E-state index in [1.807, 2.05) is 11.0 Å². The van der Waals surface area contributed by atoms with Gasteiger partial charge in [-0.3, -0.25) is 14.9 Å². The number of rotatable bonds is 6. The molecule has 0 aromatic heterocycles. The van der Waals surface area contributed by atoms with Gasteiger partial charge >= 0.3 is 0 Å². The van der Waals surface area contributed by atoms with Crippen molar-refractivity contribution in [2.45, 2.75) is 24.7 Å². The van der Waals surface area contributed by atoms with Crippen molar-refractivity contribution in [2.24, 2.45) is 0 Å². The van der Waals surface area contributed by atoms with Crippen molar-refractivity contribution in [1.29, 1.82) is 0 Å². The Morgan fingerprint density at radius 2 is 1.58 bits per heavy atom. The summed E-state index contributed by atoms with van der Waals surface area (Å²) >= 11 is 0. The molecule has 0 bridgehead atoms. The fourth-order valence-corrected chi connectivity index (χ4v) is 5.75. The molecule has 0 aliphatic carbocycles. The topological polar surface area (TPSA) is 116 Å². The fourth-order valence-electron chi connectivity index (χ4n) is 4.32. The second kappa shape index (κ2) is 9.36. The molecular weight excluding hydrogens is 446 g/mol. The van der Waals surface area contributed by atoms with Crippen LogP contribution in [0, 0.1) is 10.1 Å². The van der Waals surface area contributed by atoms with Gasteiger partial charge in [-0.1, -0.05) is 0 Å². The first kappa shape index (κ1) is 23.0. The molecule has 2 aliphatic rings. The van der Waals surface area contributed by atoms with E-state index in [1.54, 1.807) is 24.3 Å². The summed E-state index contributed by atoms with van der Waals surface area (Å²) in [5.41, 5.74) is 2.13. The summed E-state index contributed by atoms with van der Waals surface area (Å²) in [6.07, 6.45) is 2.04. The first-order valence-electron chi connectivity index (χ1n) is 10.9. The lowest BCUT2D eigenvalue weighted by Crippen LogP contribution is -2.48. The molecule has 4 rings (SSSR count). The highest BCUT2D eigenvalue weighted by molar-refractivity contribution is 7.89. The normalized spacial score (nSPS) is 17.2. The first-order chi connectivity index (χ1) is 15.8. The average Bonchev–Trinajstić information content (AvgIpc) is 3.33. The Labute approximate surface area is 193 Å². The molecule has 2 aromatic carbocycles. The number of nitro benzene ring substituents is 1. The zero-order valence-electron chi connectivity index (χ0n) is 18.4. The molecule has 2 aromatic rings. The number of carbonyl (C=O) groups is 1. The molecule has 33 heavy (non-hydrogen) atoms. The monoisotopic (exact) mass is 473 g/mol. The van der Waals surface area contributed by atoms with Crippen LogP contribution in [0.25, 0.3) is 0 Å². The van der Waals surface area contributed by atoms with E-state index in [2.05, 4.69) is 10.2 Å². The summed E-state index contributed by atoms with van der Waals surface area (Å²) < 4.78 is 27.5. The van der Waals surface area contributed by atoms with Gasteiger partial charge in [0.1, 0.15) is 5.69 Å². The van der Waals surface area contributed by atoms with Crippen molar-refractivity contribution in [1.82, 2.24) is 4.31 Å². The van der Waals surface area contributed by atoms with Gasteiger partial charge in [-0.25, -0.2) is 8.42 Å². The van der Waals surface area contributed by atoms with Gasteiger partial charge in [0, 0.05) is 63.6 Å². The number of nitro groups is 1. The highest BCUT2D eigenvalue weighted by Gasteiger charge is 2.30. The maximum Gasteiger partial charge on any atom is 0.292 e. The molecule has 0 radical (unpaired) electrons. The van der Waals surface area contributed by atoms with Gasteiger partial charge in [0.25, 0.3) is 5.69 Å². The lowest BCUT2D eigenvalue weighted by molar-refractivity contribution is -0.384. The van der Waals surface area contributed by atoms with Crippen LogP contribution in [-0.4, -0.2) is 62.8 Å². The maximum absolute atomic E-state index is 13.1. The number of hydrogen-bond acceptors (Lipinski definition) is 7. The molecule has 0 saturated carbocycles. The van der Waals surface area contributed by atoms with Crippen molar-refractivity contribution < 1.29 is 18.1 Å². The number of carbonyl (C=O) groups excluding carboxylic acids is 1. The minimum absolute atomic E-state index is 0.101. The lowest BCUT2D eigenvalue weighted by Gasteiger charge is -2.35. The zero-order valence-corrected chi connectivity index (χ0v) is 19.3. The van der Waals surface area contributed by atoms with E-state index in [1.165, 1.54) is 23.4 Å². The Bertz CT molecular complexity index is 1140. The van der Waals surface area contributed by atoms with E-state index >= 15 is 0 Å². The summed E-state index contributed by atoms with van der Waals surface area (Å²) in [5.74, 6) is -0.221. The van der Waals surface area contributed by atoms with Crippen molar-refractivity contribution in [3.63, 3.8) is 0 Å². The Kier molecular flexibility index (Phi) is 6.52. The molecule has 0 unspecified atom stereocenters. The smallest absolute Gasteiger partial charge is 0.292 e. The van der Waals surface area contributed by atoms with Crippen molar-refractivity contribution in [3.8, 4) is 0 Å². The third-order valence-electron chi connectivity index (χ3n) is 6.02. The number of benzene rings is 2. The van der Waals surface area contributed by atoms with E-state index in [9.17, 15) is 23.3 Å². The number of anilines is 3. The van der Waals surface area contributed by atoms with Crippen LogP contribution in [0.2, 0.25) is 0 Å². The summed E-state index contributed by atoms with van der Waals surface area (Å²) in [4.78, 5) is 26.6. The van der Waals surface area contributed by atoms with Crippen LogP contribution in [-0.2, 0) is 14.8 Å². The van der Waals surface area contributed by atoms with Crippen LogP contribution in [0.4, 0.5) is 22.7 Å². The van der Waals surface area contributed by atoms with Crippen molar-refractivity contribution >= 4 is 38.7 Å². The lowest BCUT2D eigenvalue weighted by atomic mass is 10.2. The van der Waals surface area contributed by atoms with Gasteiger partial charge in [0.05, 0.1) is 9.82 Å². The standard InChI is InChI=1S/C22H27N5O5S/c1-17(28)23-18-4-7-20(8-5-18)33(31,32)26-14-12-24(13-15-26)19-6-9-21(27(29)30)22(16-19)25-10-2-3-11-25/h4-9,16H,2-3,10-15H2,1H3,(H,23,28). The molecule has 2 fully saturated rings. The molecule has 0 atom stereocenters. The molecule has 0 spiro atoms. The predicted octanol–water partition coefficient (Wildman–Crippen LogP) is 2.66. The molecule has 10 nitrogen and oxygen atoms in total. The van der Waals surface area contributed by atoms with Gasteiger partial charge < -0.3 is 15.1 Å². The molecule has 2 aliphatic heterocycles. The molecule has 2 heterocycles. The number of sulfonamides is 1. The average molecular weight is 474 g/mol. The van der Waals surface area contributed by atoms with Crippen LogP contribution < -0.4 is 15.1 Å². The minimum atomic E-state index is -3.66. The van der Waals surface area contributed by atoms with E-state index < -0.39 is 10.0 Å². The molecule has 1 amide bonds. The van der Waals surface area contributed by atoms with Gasteiger partial charge in [-0.2, -0.15) is 4.31 Å². The highest BCUT2D eigenvalue weighted by atomic mass is 32.2. The van der Waals surface area contributed by atoms with Crippen molar-refractivity contribution in [3.05, 3.63) is 52.6 Å². The van der Waals surface area contributed by atoms with Gasteiger partial charge in [0.2, 0.25) is 15.9 Å². The van der Waals surface area contributed by atoms with E-state index in [-0.39, 0.29) is 21.4 Å². The third kappa shape index (κ3) is 4.93. The third-order valence-corrected chi connectivity index (χ3v) is 7.93. The molecule has 2 saturated heterocycles. The van der Waals surface area contributed by atoms with Gasteiger partial charge in [-0.05, 0) is 49.2 Å². The fraction of sp³-hybridized carbons (Fsp3) is 0.409. The summed E-state index contributed by atoms with van der Waals surface area (Å²) in [6.45, 7) is 4.59. The highest BCUT2D eigenvalue weighted by Crippen LogP contribution is 2.35. The summed E-state index contributed by atoms with van der Waals surface area (Å²) in [5, 5.41) is 14.1. The van der Waals surface area contributed by atoms with Crippen LogP contribution in [0.15, 0.2) is 47.4 Å². The largest absolute Gasteiger partial charge is 0.369 e. The molecule has 1 N–H and O–H groups in total.